The number of nitrogens with one attached hydrogen (secondary N) is 2. The number of fused-ring (bicyclic) bond motifs is 1. The number of hydrogen-bond acceptors (Lipinski definition) is 6. The first-order valence-corrected chi connectivity index (χ1v) is 10.1. The molecule has 0 bridgehead atoms. The molecule has 9 heteroatoms. The molecule has 168 valence electrons. The summed E-state index contributed by atoms with van der Waals surface area (Å²) < 4.78 is 41.4. The fraction of sp³-hybridized carbons (Fsp3) is 0.167. The average molecular weight is 450 g/mol. The quantitative estimate of drug-likeness (QED) is 0.344. The molecule has 4 N–H and O–H groups in total. The third-order valence-electron chi connectivity index (χ3n) is 5.31. The summed E-state index contributed by atoms with van der Waals surface area (Å²) in [5, 5.41) is 11.9. The van der Waals surface area contributed by atoms with Gasteiger partial charge in [-0.25, -0.2) is 15.0 Å². The molecule has 2 heterocycles. The Morgan fingerprint density at radius 2 is 1.85 bits per heavy atom. The van der Waals surface area contributed by atoms with Crippen LogP contribution in [-0.2, 0) is 12.7 Å². The number of anilines is 2. The number of pyridine rings is 1. The van der Waals surface area contributed by atoms with E-state index in [4.69, 9.17) is 11.1 Å². The molecule has 2 aromatic carbocycles. The lowest BCUT2D eigenvalue weighted by molar-refractivity contribution is -0.137. The van der Waals surface area contributed by atoms with Crippen molar-refractivity contribution >= 4 is 28.3 Å². The smallest absolute Gasteiger partial charge is 0.383 e. The number of halogens is 3. The van der Waals surface area contributed by atoms with Crippen molar-refractivity contribution in [1.29, 1.82) is 5.41 Å². The largest absolute Gasteiger partial charge is 0.417 e. The van der Waals surface area contributed by atoms with Crippen LogP contribution in [0.2, 0.25) is 0 Å². The van der Waals surface area contributed by atoms with Crippen LogP contribution in [0.25, 0.3) is 22.2 Å². The van der Waals surface area contributed by atoms with Gasteiger partial charge in [0.2, 0.25) is 0 Å². The Balaban J connectivity index is 1.88. The van der Waals surface area contributed by atoms with Crippen LogP contribution in [0.3, 0.4) is 0 Å². The number of benzene rings is 2. The molecular formula is C24H21F3N6. The Kier molecular flexibility index (Phi) is 5.71. The summed E-state index contributed by atoms with van der Waals surface area (Å²) in [5.74, 6) is 0.476. The van der Waals surface area contributed by atoms with Crippen molar-refractivity contribution in [2.45, 2.75) is 26.6 Å². The topological polar surface area (TPSA) is 101 Å². The number of alkyl halides is 3. The van der Waals surface area contributed by atoms with E-state index in [1.807, 2.05) is 31.2 Å². The molecule has 6 nitrogen and oxygen atoms in total. The SMILES string of the molecule is CC(=N)c1c(N)ncnc1NCc1cc2cccc(C)c2nc1-c1ccccc1C(F)(F)F. The van der Waals surface area contributed by atoms with Crippen molar-refractivity contribution in [3.8, 4) is 11.3 Å². The molecule has 0 aliphatic rings. The van der Waals surface area contributed by atoms with Crippen LogP contribution in [0.15, 0.2) is 54.9 Å². The van der Waals surface area contributed by atoms with E-state index in [0.717, 1.165) is 17.0 Å². The van der Waals surface area contributed by atoms with E-state index in [2.05, 4.69) is 20.3 Å². The lowest BCUT2D eigenvalue weighted by Gasteiger charge is -2.18. The number of rotatable bonds is 5. The van der Waals surface area contributed by atoms with Crippen molar-refractivity contribution in [1.82, 2.24) is 15.0 Å². The predicted molar refractivity (Wildman–Crippen MR) is 123 cm³/mol. The molecule has 0 radical (unpaired) electrons. The Bertz CT molecular complexity index is 1360. The zero-order chi connectivity index (χ0) is 23.8. The summed E-state index contributed by atoms with van der Waals surface area (Å²) in [5.41, 5.74) is 7.94. The van der Waals surface area contributed by atoms with E-state index >= 15 is 0 Å². The van der Waals surface area contributed by atoms with Gasteiger partial charge in [-0.2, -0.15) is 13.2 Å². The maximum absolute atomic E-state index is 13.8. The van der Waals surface area contributed by atoms with Gasteiger partial charge in [-0.1, -0.05) is 36.4 Å². The van der Waals surface area contributed by atoms with Gasteiger partial charge in [0.25, 0.3) is 0 Å². The lowest BCUT2D eigenvalue weighted by Crippen LogP contribution is -2.13. The summed E-state index contributed by atoms with van der Waals surface area (Å²) in [4.78, 5) is 12.8. The second-order valence-electron chi connectivity index (χ2n) is 7.65. The van der Waals surface area contributed by atoms with Gasteiger partial charge in [-0.3, -0.25) is 0 Å². The van der Waals surface area contributed by atoms with E-state index < -0.39 is 11.7 Å². The molecule has 0 aliphatic carbocycles. The van der Waals surface area contributed by atoms with Crippen molar-refractivity contribution < 1.29 is 13.2 Å². The van der Waals surface area contributed by atoms with Crippen LogP contribution in [0.4, 0.5) is 24.8 Å². The van der Waals surface area contributed by atoms with Gasteiger partial charge in [0, 0.05) is 23.2 Å². The first-order valence-electron chi connectivity index (χ1n) is 10.1. The fourth-order valence-electron chi connectivity index (χ4n) is 3.78. The van der Waals surface area contributed by atoms with Crippen LogP contribution in [0.5, 0.6) is 0 Å². The zero-order valence-corrected chi connectivity index (χ0v) is 18.0. The minimum absolute atomic E-state index is 0.00221. The summed E-state index contributed by atoms with van der Waals surface area (Å²) >= 11 is 0. The maximum atomic E-state index is 13.8. The normalized spacial score (nSPS) is 11.5. The van der Waals surface area contributed by atoms with Crippen LogP contribution in [-0.4, -0.2) is 20.7 Å². The van der Waals surface area contributed by atoms with E-state index in [-0.39, 0.29) is 29.3 Å². The number of aryl methyl sites for hydroxylation is 1. The zero-order valence-electron chi connectivity index (χ0n) is 18.0. The van der Waals surface area contributed by atoms with Crippen LogP contribution >= 0.6 is 0 Å². The van der Waals surface area contributed by atoms with Gasteiger partial charge < -0.3 is 16.5 Å². The van der Waals surface area contributed by atoms with Crippen molar-refractivity contribution in [3.63, 3.8) is 0 Å². The van der Waals surface area contributed by atoms with E-state index in [9.17, 15) is 13.2 Å². The van der Waals surface area contributed by atoms with Crippen LogP contribution in [0, 0.1) is 12.3 Å². The molecule has 0 aliphatic heterocycles. The number of nitrogens with two attached hydrogens (primary N) is 1. The van der Waals surface area contributed by atoms with E-state index in [0.29, 0.717) is 22.5 Å². The van der Waals surface area contributed by atoms with Crippen molar-refractivity contribution in [2.24, 2.45) is 0 Å². The summed E-state index contributed by atoms with van der Waals surface area (Å²) in [6.07, 6.45) is -3.26. The van der Waals surface area contributed by atoms with Crippen LogP contribution in [0.1, 0.15) is 29.2 Å². The molecule has 0 unspecified atom stereocenters. The number of para-hydroxylation sites is 1. The van der Waals surface area contributed by atoms with Crippen LogP contribution < -0.4 is 11.1 Å². The Labute approximate surface area is 188 Å². The Hall–Kier alpha value is -4.01. The van der Waals surface area contributed by atoms with Crippen molar-refractivity contribution in [3.05, 3.63) is 77.1 Å². The molecule has 0 saturated carbocycles. The minimum atomic E-state index is -4.53. The molecule has 0 saturated heterocycles. The lowest BCUT2D eigenvalue weighted by atomic mass is 9.97. The predicted octanol–water partition coefficient (Wildman–Crippen LogP) is 5.60. The highest BCUT2D eigenvalue weighted by Crippen LogP contribution is 2.38. The summed E-state index contributed by atoms with van der Waals surface area (Å²) in [6.45, 7) is 3.55. The van der Waals surface area contributed by atoms with Gasteiger partial charge in [0.1, 0.15) is 18.0 Å². The molecule has 33 heavy (non-hydrogen) atoms. The van der Waals surface area contributed by atoms with E-state index in [1.54, 1.807) is 13.0 Å². The number of hydrogen-bond donors (Lipinski definition) is 3. The molecule has 0 fully saturated rings. The molecule has 2 aromatic heterocycles. The highest BCUT2D eigenvalue weighted by molar-refractivity contribution is 6.04. The summed E-state index contributed by atoms with van der Waals surface area (Å²) in [7, 11) is 0. The standard InChI is InChI=1S/C24H21F3N6/c1-13-6-5-7-15-10-16(11-30-23-19(14(2)28)22(29)31-12-32-23)21(33-20(13)15)17-8-3-4-9-18(17)24(25,26)27/h3-10,12,28H,11H2,1-2H3,(H3,29,30,31,32). The van der Waals surface area contributed by atoms with Gasteiger partial charge in [0.15, 0.2) is 0 Å². The molecular weight excluding hydrogens is 429 g/mol. The highest BCUT2D eigenvalue weighted by Gasteiger charge is 2.34. The number of nitrogen functional groups attached to an aromatic ring is 1. The van der Waals surface area contributed by atoms with Gasteiger partial charge in [-0.15, -0.1) is 0 Å². The molecule has 4 rings (SSSR count). The summed E-state index contributed by atoms with van der Waals surface area (Å²) in [6, 6.07) is 12.8. The molecule has 4 aromatic rings. The van der Waals surface area contributed by atoms with Gasteiger partial charge in [-0.05, 0) is 37.1 Å². The average Bonchev–Trinajstić information content (AvgIpc) is 2.76. The minimum Gasteiger partial charge on any atom is -0.383 e. The Morgan fingerprint density at radius 1 is 1.09 bits per heavy atom. The fourth-order valence-corrected chi connectivity index (χ4v) is 3.78. The number of nitrogens with zero attached hydrogens (tertiary/aromatic N) is 3. The second-order valence-corrected chi connectivity index (χ2v) is 7.65. The maximum Gasteiger partial charge on any atom is 0.417 e. The monoisotopic (exact) mass is 450 g/mol. The molecule has 0 amide bonds. The van der Waals surface area contributed by atoms with Gasteiger partial charge in [0.05, 0.1) is 22.3 Å². The first kappa shape index (κ1) is 22.2. The third-order valence-corrected chi connectivity index (χ3v) is 5.31. The number of aromatic nitrogens is 3. The second kappa shape index (κ2) is 8.50. The van der Waals surface area contributed by atoms with Gasteiger partial charge >= 0.3 is 6.18 Å². The van der Waals surface area contributed by atoms with Crippen molar-refractivity contribution in [2.75, 3.05) is 11.1 Å². The van der Waals surface area contributed by atoms with E-state index in [1.165, 1.54) is 18.5 Å². The first-order chi connectivity index (χ1) is 15.7. The third kappa shape index (κ3) is 4.34. The molecule has 0 atom stereocenters. The molecule has 0 spiro atoms. The Morgan fingerprint density at radius 3 is 2.58 bits per heavy atom. The highest BCUT2D eigenvalue weighted by atomic mass is 19.4.